The number of carbonyl (C=O) groups excluding carboxylic acids is 2. The molecule has 1 aromatic heterocycles. The molecule has 34 heavy (non-hydrogen) atoms. The van der Waals surface area contributed by atoms with Gasteiger partial charge in [0.2, 0.25) is 0 Å². The van der Waals surface area contributed by atoms with Gasteiger partial charge in [-0.2, -0.15) is 0 Å². The topological polar surface area (TPSA) is 124 Å². The summed E-state index contributed by atoms with van der Waals surface area (Å²) in [5.74, 6) is -0.554. The molecule has 0 unspecified atom stereocenters. The summed E-state index contributed by atoms with van der Waals surface area (Å²) in [6.07, 6.45) is 1.17. The Kier molecular flexibility index (Phi) is 6.74. The van der Waals surface area contributed by atoms with Crippen LogP contribution in [0.2, 0.25) is 0 Å². The minimum Gasteiger partial charge on any atom is -0.347 e. The molecule has 4 N–H and O–H groups in total. The van der Waals surface area contributed by atoms with E-state index >= 15 is 0 Å². The Balaban J connectivity index is 1.36. The van der Waals surface area contributed by atoms with Gasteiger partial charge in [0.15, 0.2) is 5.84 Å². The summed E-state index contributed by atoms with van der Waals surface area (Å²) in [6.45, 7) is 2.05. The molecule has 1 aliphatic heterocycles. The molecular weight excluding hydrogens is 439 g/mol. The summed E-state index contributed by atoms with van der Waals surface area (Å²) in [5, 5.41) is 11.4. The van der Waals surface area contributed by atoms with Crippen LogP contribution < -0.4 is 21.6 Å². The lowest BCUT2D eigenvalue weighted by Crippen LogP contribution is -2.37. The van der Waals surface area contributed by atoms with Gasteiger partial charge in [-0.25, -0.2) is 19.9 Å². The van der Waals surface area contributed by atoms with E-state index in [0.29, 0.717) is 5.84 Å². The molecule has 0 saturated carbocycles. The number of hydrogen-bond acceptors (Lipinski definition) is 8. The summed E-state index contributed by atoms with van der Waals surface area (Å²) in [4.78, 5) is 33.1. The third-order valence-corrected chi connectivity index (χ3v) is 5.12. The number of aromatic nitrogens is 2. The number of amidine groups is 1. The predicted octanol–water partition coefficient (Wildman–Crippen LogP) is 1.65. The first-order valence-corrected chi connectivity index (χ1v) is 10.5. The van der Waals surface area contributed by atoms with Crippen LogP contribution in [0.1, 0.15) is 50.6 Å². The first-order valence-electron chi connectivity index (χ1n) is 10.5. The predicted molar refractivity (Wildman–Crippen MR) is 122 cm³/mol. The second-order valence-corrected chi connectivity index (χ2v) is 7.65. The SMILES string of the molecule is C[C@H](NC(=O)c1cc(C(=O)NCc2ccc(F)cc2)ncn1)c1ccc(C2=NNN(C)N2)cc1. The van der Waals surface area contributed by atoms with Crippen molar-refractivity contribution in [2.24, 2.45) is 5.10 Å². The number of hydrazone groups is 1. The minimum atomic E-state index is -0.465. The highest BCUT2D eigenvalue weighted by Crippen LogP contribution is 2.15. The number of amides is 2. The Labute approximate surface area is 195 Å². The standard InChI is InChI=1S/C23H23FN8O2/c1-14(16-5-7-17(8-6-16)21-29-31-32(2)30-21)28-23(34)20-11-19(26-13-27-20)22(33)25-12-15-3-9-18(24)10-4-15/h3-11,13-14,31H,12H2,1-2H3,(H,25,33)(H,28,34)(H,29,30)/t14-/m0/s1. The monoisotopic (exact) mass is 462 g/mol. The van der Waals surface area contributed by atoms with Crippen molar-refractivity contribution in [3.63, 3.8) is 0 Å². The summed E-state index contributed by atoms with van der Waals surface area (Å²) in [5.41, 5.74) is 8.48. The molecule has 1 atom stereocenters. The van der Waals surface area contributed by atoms with Gasteiger partial charge in [-0.1, -0.05) is 36.4 Å². The maximum atomic E-state index is 13.0. The number of nitrogens with one attached hydrogen (secondary N) is 4. The zero-order chi connectivity index (χ0) is 24.1. The molecule has 10 nitrogen and oxygen atoms in total. The van der Waals surface area contributed by atoms with Crippen molar-refractivity contribution in [1.29, 1.82) is 0 Å². The van der Waals surface area contributed by atoms with Gasteiger partial charge in [0.1, 0.15) is 23.5 Å². The summed E-state index contributed by atoms with van der Waals surface area (Å²) < 4.78 is 13.0. The van der Waals surface area contributed by atoms with Crippen LogP contribution >= 0.6 is 0 Å². The number of hydrazine groups is 2. The molecule has 0 fully saturated rings. The van der Waals surface area contributed by atoms with E-state index in [9.17, 15) is 14.0 Å². The van der Waals surface area contributed by atoms with Crippen LogP contribution in [0.25, 0.3) is 0 Å². The van der Waals surface area contributed by atoms with Gasteiger partial charge in [-0.15, -0.1) is 10.2 Å². The largest absolute Gasteiger partial charge is 0.347 e. The Morgan fingerprint density at radius 2 is 1.71 bits per heavy atom. The summed E-state index contributed by atoms with van der Waals surface area (Å²) in [6, 6.07) is 14.4. The van der Waals surface area contributed by atoms with Crippen LogP contribution in [0.3, 0.4) is 0 Å². The molecule has 0 spiro atoms. The highest BCUT2D eigenvalue weighted by atomic mass is 19.1. The zero-order valence-electron chi connectivity index (χ0n) is 18.5. The molecule has 0 aliphatic carbocycles. The molecule has 4 rings (SSSR count). The molecule has 0 radical (unpaired) electrons. The fraction of sp³-hybridized carbons (Fsp3) is 0.174. The minimum absolute atomic E-state index is 0.0580. The smallest absolute Gasteiger partial charge is 0.270 e. The number of hydrogen-bond donors (Lipinski definition) is 4. The third-order valence-electron chi connectivity index (χ3n) is 5.12. The van der Waals surface area contributed by atoms with Gasteiger partial charge in [-0.3, -0.25) is 15.0 Å². The van der Waals surface area contributed by atoms with Crippen molar-refractivity contribution in [2.45, 2.75) is 19.5 Å². The molecule has 0 saturated heterocycles. The number of nitrogens with zero attached hydrogens (tertiary/aromatic N) is 4. The number of rotatable bonds is 7. The highest BCUT2D eigenvalue weighted by Gasteiger charge is 2.17. The van der Waals surface area contributed by atoms with Crippen molar-refractivity contribution >= 4 is 17.6 Å². The van der Waals surface area contributed by atoms with E-state index in [2.05, 4.69) is 36.7 Å². The van der Waals surface area contributed by atoms with Crippen LogP contribution in [-0.4, -0.2) is 39.8 Å². The lowest BCUT2D eigenvalue weighted by Gasteiger charge is -2.15. The normalized spacial score (nSPS) is 13.9. The van der Waals surface area contributed by atoms with Gasteiger partial charge in [0.05, 0.1) is 6.04 Å². The van der Waals surface area contributed by atoms with Gasteiger partial charge >= 0.3 is 0 Å². The maximum Gasteiger partial charge on any atom is 0.270 e. The number of carbonyl (C=O) groups is 2. The van der Waals surface area contributed by atoms with Crippen LogP contribution in [0, 0.1) is 5.82 Å². The van der Waals surface area contributed by atoms with E-state index in [1.807, 2.05) is 31.2 Å². The average molecular weight is 462 g/mol. The van der Waals surface area contributed by atoms with Gasteiger partial charge in [-0.05, 0) is 30.2 Å². The summed E-state index contributed by atoms with van der Waals surface area (Å²) >= 11 is 0. The number of benzene rings is 2. The Morgan fingerprint density at radius 1 is 1.03 bits per heavy atom. The molecule has 2 aromatic carbocycles. The molecule has 174 valence electrons. The first-order chi connectivity index (χ1) is 16.4. The highest BCUT2D eigenvalue weighted by molar-refractivity contribution is 5.99. The van der Waals surface area contributed by atoms with E-state index in [4.69, 9.17) is 0 Å². The van der Waals surface area contributed by atoms with Crippen LogP contribution in [0.4, 0.5) is 4.39 Å². The zero-order valence-corrected chi connectivity index (χ0v) is 18.5. The summed E-state index contributed by atoms with van der Waals surface area (Å²) in [7, 11) is 1.80. The molecule has 2 amide bonds. The van der Waals surface area contributed by atoms with Crippen LogP contribution in [0.15, 0.2) is 66.0 Å². The van der Waals surface area contributed by atoms with E-state index in [-0.39, 0.29) is 29.8 Å². The maximum absolute atomic E-state index is 13.0. The second-order valence-electron chi connectivity index (χ2n) is 7.65. The Hall–Kier alpha value is -4.38. The molecule has 0 bridgehead atoms. The lowest BCUT2D eigenvalue weighted by atomic mass is 10.1. The van der Waals surface area contributed by atoms with Gasteiger partial charge in [0, 0.05) is 25.2 Å². The van der Waals surface area contributed by atoms with Crippen molar-refractivity contribution in [2.75, 3.05) is 7.05 Å². The van der Waals surface area contributed by atoms with Gasteiger partial charge < -0.3 is 10.6 Å². The van der Waals surface area contributed by atoms with Crippen LogP contribution in [0.5, 0.6) is 0 Å². The average Bonchev–Trinajstić information content (AvgIpc) is 3.30. The molecule has 2 heterocycles. The Bertz CT molecular complexity index is 1210. The fourth-order valence-electron chi connectivity index (χ4n) is 3.23. The second kappa shape index (κ2) is 10.0. The first kappa shape index (κ1) is 22.8. The van der Waals surface area contributed by atoms with Crippen molar-refractivity contribution in [1.82, 2.24) is 36.7 Å². The Morgan fingerprint density at radius 3 is 2.35 bits per heavy atom. The van der Waals surface area contributed by atoms with E-state index < -0.39 is 11.8 Å². The van der Waals surface area contributed by atoms with Crippen molar-refractivity contribution in [3.05, 3.63) is 94.8 Å². The number of halogens is 1. The quantitative estimate of drug-likeness (QED) is 0.421. The molecule has 3 aromatic rings. The van der Waals surface area contributed by atoms with Crippen LogP contribution in [-0.2, 0) is 6.54 Å². The van der Waals surface area contributed by atoms with Gasteiger partial charge in [0.25, 0.3) is 11.8 Å². The third kappa shape index (κ3) is 5.51. The van der Waals surface area contributed by atoms with Crippen molar-refractivity contribution in [3.8, 4) is 0 Å². The van der Waals surface area contributed by atoms with E-state index in [1.54, 1.807) is 24.3 Å². The molecule has 1 aliphatic rings. The fourth-order valence-corrected chi connectivity index (χ4v) is 3.23. The van der Waals surface area contributed by atoms with E-state index in [0.717, 1.165) is 16.7 Å². The molecule has 11 heteroatoms. The van der Waals surface area contributed by atoms with Crippen molar-refractivity contribution < 1.29 is 14.0 Å². The van der Waals surface area contributed by atoms with E-state index in [1.165, 1.54) is 24.5 Å². The lowest BCUT2D eigenvalue weighted by molar-refractivity contribution is 0.0934. The molecular formula is C23H23FN8O2.